The van der Waals surface area contributed by atoms with Crippen molar-refractivity contribution in [2.75, 3.05) is 6.54 Å². The van der Waals surface area contributed by atoms with Gasteiger partial charge in [0.05, 0.1) is 11.1 Å². The highest BCUT2D eigenvalue weighted by Crippen LogP contribution is 2.53. The molecule has 1 fully saturated rings. The van der Waals surface area contributed by atoms with Crippen LogP contribution in [0.5, 0.6) is 0 Å². The molecule has 2 heterocycles. The average Bonchev–Trinajstić information content (AvgIpc) is 3.00. The van der Waals surface area contributed by atoms with Crippen molar-refractivity contribution < 1.29 is 0 Å². The van der Waals surface area contributed by atoms with Crippen LogP contribution in [0.2, 0.25) is 10.0 Å². The fourth-order valence-corrected chi connectivity index (χ4v) is 5.19. The standard InChI is InChI=1S/C23H24Cl2N2/c1-3-5-15(2)22-23(14-27-21-13-18(25)8-9-20(21)23)19(10-11-26-22)16-6-4-7-17(24)12-16/h4,6-9,12-14,19,22,26H,2-3,5,10-11H2,1H3/t19-,22+,23-/m0/s1. The normalized spacial score (nSPS) is 26.3. The summed E-state index contributed by atoms with van der Waals surface area (Å²) in [5, 5.41) is 5.24. The molecule has 0 aliphatic carbocycles. The zero-order chi connectivity index (χ0) is 19.0. The SMILES string of the molecule is C=C(CCC)[C@H]1NCC[C@@H](c2cccc(Cl)c2)[C@]12C=Nc1cc(Cl)ccc12. The quantitative estimate of drug-likeness (QED) is 0.587. The summed E-state index contributed by atoms with van der Waals surface area (Å²) in [7, 11) is 0. The third-order valence-electron chi connectivity index (χ3n) is 5.91. The molecular formula is C23H24Cl2N2. The van der Waals surface area contributed by atoms with Crippen molar-refractivity contribution in [2.45, 2.75) is 43.6 Å². The van der Waals surface area contributed by atoms with E-state index in [-0.39, 0.29) is 17.4 Å². The number of aliphatic imine (C=N–C) groups is 1. The van der Waals surface area contributed by atoms with E-state index in [1.165, 1.54) is 16.7 Å². The first kappa shape index (κ1) is 18.7. The van der Waals surface area contributed by atoms with E-state index in [0.29, 0.717) is 0 Å². The Hall–Kier alpha value is -1.61. The second-order valence-corrected chi connectivity index (χ2v) is 8.42. The Balaban J connectivity index is 1.90. The summed E-state index contributed by atoms with van der Waals surface area (Å²) in [4.78, 5) is 4.80. The summed E-state index contributed by atoms with van der Waals surface area (Å²) in [6, 6.07) is 14.5. The van der Waals surface area contributed by atoms with Crippen molar-refractivity contribution in [1.29, 1.82) is 0 Å². The number of nitrogens with zero attached hydrogens (tertiary/aromatic N) is 1. The molecule has 0 unspecified atom stereocenters. The lowest BCUT2D eigenvalue weighted by molar-refractivity contribution is 0.290. The van der Waals surface area contributed by atoms with Gasteiger partial charge in [-0.15, -0.1) is 0 Å². The highest BCUT2D eigenvalue weighted by molar-refractivity contribution is 6.31. The van der Waals surface area contributed by atoms with Crippen LogP contribution in [0.1, 0.15) is 43.2 Å². The lowest BCUT2D eigenvalue weighted by Crippen LogP contribution is -2.57. The van der Waals surface area contributed by atoms with Gasteiger partial charge in [0.1, 0.15) is 0 Å². The lowest BCUT2D eigenvalue weighted by atomic mass is 9.60. The molecule has 3 atom stereocenters. The molecule has 2 aliphatic heterocycles. The zero-order valence-corrected chi connectivity index (χ0v) is 17.0. The maximum atomic E-state index is 6.34. The first-order chi connectivity index (χ1) is 13.1. The Labute approximate surface area is 171 Å². The average molecular weight is 399 g/mol. The van der Waals surface area contributed by atoms with E-state index in [1.807, 2.05) is 24.3 Å². The van der Waals surface area contributed by atoms with Gasteiger partial charge in [-0.1, -0.05) is 66.9 Å². The molecule has 1 saturated heterocycles. The number of halogens is 2. The first-order valence-electron chi connectivity index (χ1n) is 9.58. The van der Waals surface area contributed by atoms with E-state index in [1.54, 1.807) is 0 Å². The summed E-state index contributed by atoms with van der Waals surface area (Å²) in [6.07, 6.45) is 5.24. The van der Waals surface area contributed by atoms with Crippen molar-refractivity contribution in [3.63, 3.8) is 0 Å². The van der Waals surface area contributed by atoms with Gasteiger partial charge in [-0.2, -0.15) is 0 Å². The number of hydrogen-bond donors (Lipinski definition) is 1. The summed E-state index contributed by atoms with van der Waals surface area (Å²) >= 11 is 12.6. The minimum atomic E-state index is -0.269. The third-order valence-corrected chi connectivity index (χ3v) is 6.38. The van der Waals surface area contributed by atoms with E-state index < -0.39 is 0 Å². The Morgan fingerprint density at radius 1 is 1.22 bits per heavy atom. The van der Waals surface area contributed by atoms with Crippen LogP contribution in [0, 0.1) is 0 Å². The molecule has 0 aromatic heterocycles. The number of fused-ring (bicyclic) bond motifs is 2. The maximum Gasteiger partial charge on any atom is 0.0683 e. The Bertz CT molecular complexity index is 905. The maximum absolute atomic E-state index is 6.34. The fraction of sp³-hybridized carbons (Fsp3) is 0.348. The van der Waals surface area contributed by atoms with Gasteiger partial charge in [0.15, 0.2) is 0 Å². The third kappa shape index (κ3) is 3.14. The molecule has 0 saturated carbocycles. The Morgan fingerprint density at radius 2 is 2.04 bits per heavy atom. The van der Waals surface area contributed by atoms with Crippen LogP contribution in [-0.4, -0.2) is 18.8 Å². The number of hydrogen-bond acceptors (Lipinski definition) is 2. The van der Waals surface area contributed by atoms with E-state index in [4.69, 9.17) is 28.2 Å². The van der Waals surface area contributed by atoms with Gasteiger partial charge in [-0.25, -0.2) is 0 Å². The molecule has 140 valence electrons. The fourth-order valence-electron chi connectivity index (χ4n) is 4.83. The molecular weight excluding hydrogens is 375 g/mol. The minimum Gasteiger partial charge on any atom is -0.309 e. The van der Waals surface area contributed by atoms with Gasteiger partial charge >= 0.3 is 0 Å². The van der Waals surface area contributed by atoms with Crippen LogP contribution in [0.15, 0.2) is 59.6 Å². The molecule has 1 spiro atoms. The molecule has 4 heteroatoms. The van der Waals surface area contributed by atoms with Crippen LogP contribution >= 0.6 is 23.2 Å². The zero-order valence-electron chi connectivity index (χ0n) is 15.5. The van der Waals surface area contributed by atoms with E-state index in [0.717, 1.165) is 41.5 Å². The number of piperidine rings is 1. The first-order valence-corrected chi connectivity index (χ1v) is 10.3. The molecule has 27 heavy (non-hydrogen) atoms. The molecule has 2 nitrogen and oxygen atoms in total. The largest absolute Gasteiger partial charge is 0.309 e. The van der Waals surface area contributed by atoms with Crippen LogP contribution in [0.25, 0.3) is 0 Å². The van der Waals surface area contributed by atoms with Crippen LogP contribution in [0.4, 0.5) is 5.69 Å². The summed E-state index contributed by atoms with van der Waals surface area (Å²) < 4.78 is 0. The highest BCUT2D eigenvalue weighted by atomic mass is 35.5. The smallest absolute Gasteiger partial charge is 0.0683 e. The van der Waals surface area contributed by atoms with Crippen molar-refractivity contribution >= 4 is 35.1 Å². The predicted octanol–water partition coefficient (Wildman–Crippen LogP) is 6.45. The van der Waals surface area contributed by atoms with Gasteiger partial charge in [0.25, 0.3) is 0 Å². The van der Waals surface area contributed by atoms with Crippen LogP contribution in [0.3, 0.4) is 0 Å². The van der Waals surface area contributed by atoms with Gasteiger partial charge in [-0.3, -0.25) is 4.99 Å². The lowest BCUT2D eigenvalue weighted by Gasteiger charge is -2.48. The Morgan fingerprint density at radius 3 is 2.81 bits per heavy atom. The minimum absolute atomic E-state index is 0.140. The topological polar surface area (TPSA) is 24.4 Å². The van der Waals surface area contributed by atoms with Crippen LogP contribution in [-0.2, 0) is 5.41 Å². The summed E-state index contributed by atoms with van der Waals surface area (Å²) in [5.41, 5.74) is 4.42. The van der Waals surface area contributed by atoms with Crippen molar-refractivity contribution in [3.8, 4) is 0 Å². The molecule has 1 N–H and O–H groups in total. The van der Waals surface area contributed by atoms with Crippen LogP contribution < -0.4 is 5.32 Å². The van der Waals surface area contributed by atoms with E-state index >= 15 is 0 Å². The van der Waals surface area contributed by atoms with Crippen molar-refractivity contribution in [2.24, 2.45) is 4.99 Å². The molecule has 0 bridgehead atoms. The molecule has 0 amide bonds. The highest BCUT2D eigenvalue weighted by Gasteiger charge is 2.52. The summed E-state index contributed by atoms with van der Waals surface area (Å²) in [6.45, 7) is 7.59. The van der Waals surface area contributed by atoms with E-state index in [9.17, 15) is 0 Å². The molecule has 2 aromatic carbocycles. The second-order valence-electron chi connectivity index (χ2n) is 7.54. The van der Waals surface area contributed by atoms with Gasteiger partial charge in [-0.05, 0) is 54.8 Å². The van der Waals surface area contributed by atoms with E-state index in [2.05, 4.69) is 43.2 Å². The molecule has 2 aliphatic rings. The van der Waals surface area contributed by atoms with Crippen molar-refractivity contribution in [1.82, 2.24) is 5.32 Å². The Kier molecular flexibility index (Phi) is 5.15. The van der Waals surface area contributed by atoms with Gasteiger partial charge in [0, 0.05) is 28.2 Å². The van der Waals surface area contributed by atoms with Crippen molar-refractivity contribution in [3.05, 3.63) is 75.8 Å². The number of rotatable bonds is 4. The summed E-state index contributed by atoms with van der Waals surface area (Å²) in [5.74, 6) is 0.280. The van der Waals surface area contributed by atoms with Gasteiger partial charge < -0.3 is 5.32 Å². The predicted molar refractivity (Wildman–Crippen MR) is 116 cm³/mol. The molecule has 0 radical (unpaired) electrons. The van der Waals surface area contributed by atoms with Gasteiger partial charge in [0.2, 0.25) is 0 Å². The number of benzene rings is 2. The monoisotopic (exact) mass is 398 g/mol. The molecule has 4 rings (SSSR count). The number of nitrogens with one attached hydrogen (secondary N) is 1. The second kappa shape index (κ2) is 7.43. The molecule has 2 aromatic rings.